The standard InChI is InChI=1S/C13H16BrF3/c1-9(14)8-12(2,3)10-6-4-5-7-11(10)13(15,16)17/h4-7,9H,8H2,1-3H3. The van der Waals surface area contributed by atoms with Crippen molar-refractivity contribution in [1.29, 1.82) is 0 Å². The van der Waals surface area contributed by atoms with Gasteiger partial charge in [0.2, 0.25) is 0 Å². The molecule has 0 aromatic heterocycles. The Balaban J connectivity index is 3.22. The predicted molar refractivity (Wildman–Crippen MR) is 67.5 cm³/mol. The molecule has 4 heteroatoms. The number of alkyl halides is 4. The van der Waals surface area contributed by atoms with E-state index < -0.39 is 17.2 Å². The Bertz CT molecular complexity index is 380. The highest BCUT2D eigenvalue weighted by molar-refractivity contribution is 9.09. The third-order valence-corrected chi connectivity index (χ3v) is 3.08. The minimum Gasteiger partial charge on any atom is -0.166 e. The van der Waals surface area contributed by atoms with Crippen LogP contribution in [0.25, 0.3) is 0 Å². The average molecular weight is 309 g/mol. The van der Waals surface area contributed by atoms with Gasteiger partial charge in [0.1, 0.15) is 0 Å². The van der Waals surface area contributed by atoms with E-state index in [1.165, 1.54) is 6.07 Å². The molecular weight excluding hydrogens is 293 g/mol. The molecule has 1 aromatic carbocycles. The molecule has 0 aliphatic heterocycles. The molecule has 0 heterocycles. The van der Waals surface area contributed by atoms with Crippen molar-refractivity contribution in [3.63, 3.8) is 0 Å². The highest BCUT2D eigenvalue weighted by atomic mass is 79.9. The van der Waals surface area contributed by atoms with Crippen LogP contribution in [-0.2, 0) is 11.6 Å². The van der Waals surface area contributed by atoms with E-state index in [0.717, 1.165) is 6.07 Å². The molecule has 0 aliphatic rings. The Morgan fingerprint density at radius 1 is 1.12 bits per heavy atom. The summed E-state index contributed by atoms with van der Waals surface area (Å²) in [5, 5.41) is 0. The summed E-state index contributed by atoms with van der Waals surface area (Å²) in [7, 11) is 0. The first-order valence-corrected chi connectivity index (χ1v) is 6.37. The van der Waals surface area contributed by atoms with Crippen LogP contribution in [0.4, 0.5) is 13.2 Å². The van der Waals surface area contributed by atoms with E-state index in [9.17, 15) is 13.2 Å². The molecule has 0 bridgehead atoms. The van der Waals surface area contributed by atoms with Crippen LogP contribution in [0, 0.1) is 0 Å². The highest BCUT2D eigenvalue weighted by Gasteiger charge is 2.37. The molecule has 0 aliphatic carbocycles. The summed E-state index contributed by atoms with van der Waals surface area (Å²) in [6, 6.07) is 5.80. The van der Waals surface area contributed by atoms with Gasteiger partial charge < -0.3 is 0 Å². The molecule has 1 unspecified atom stereocenters. The maximum Gasteiger partial charge on any atom is 0.416 e. The van der Waals surface area contributed by atoms with Gasteiger partial charge in [-0.2, -0.15) is 13.2 Å². The fourth-order valence-electron chi connectivity index (χ4n) is 2.13. The summed E-state index contributed by atoms with van der Waals surface area (Å²) in [6.45, 7) is 5.63. The first-order valence-electron chi connectivity index (χ1n) is 5.45. The van der Waals surface area contributed by atoms with Crippen LogP contribution in [0.15, 0.2) is 24.3 Å². The van der Waals surface area contributed by atoms with Crippen molar-refractivity contribution >= 4 is 15.9 Å². The second kappa shape index (κ2) is 5.01. The number of hydrogen-bond donors (Lipinski definition) is 0. The van der Waals surface area contributed by atoms with Gasteiger partial charge >= 0.3 is 6.18 Å². The molecule has 0 fully saturated rings. The van der Waals surface area contributed by atoms with E-state index in [2.05, 4.69) is 15.9 Å². The lowest BCUT2D eigenvalue weighted by Crippen LogP contribution is -2.25. The van der Waals surface area contributed by atoms with Crippen LogP contribution >= 0.6 is 15.9 Å². The summed E-state index contributed by atoms with van der Waals surface area (Å²) in [5.74, 6) is 0. The lowest BCUT2D eigenvalue weighted by atomic mass is 9.78. The first kappa shape index (κ1) is 14.6. The molecule has 0 amide bonds. The predicted octanol–water partition coefficient (Wildman–Crippen LogP) is 5.16. The lowest BCUT2D eigenvalue weighted by Gasteiger charge is -2.29. The molecule has 17 heavy (non-hydrogen) atoms. The van der Waals surface area contributed by atoms with Gasteiger partial charge in [0, 0.05) is 4.83 Å². The van der Waals surface area contributed by atoms with Crippen LogP contribution in [-0.4, -0.2) is 4.83 Å². The van der Waals surface area contributed by atoms with Crippen LogP contribution in [0.2, 0.25) is 0 Å². The summed E-state index contributed by atoms with van der Waals surface area (Å²) in [4.78, 5) is 0.179. The molecular formula is C13H16BrF3. The highest BCUT2D eigenvalue weighted by Crippen LogP contribution is 2.39. The zero-order chi connectivity index (χ0) is 13.3. The Labute approximate surface area is 108 Å². The Kier molecular flexibility index (Phi) is 4.28. The number of benzene rings is 1. The first-order chi connectivity index (χ1) is 7.64. The Morgan fingerprint density at radius 2 is 1.59 bits per heavy atom. The maximum absolute atomic E-state index is 12.9. The van der Waals surface area contributed by atoms with E-state index in [-0.39, 0.29) is 4.83 Å². The van der Waals surface area contributed by atoms with Gasteiger partial charge in [0.05, 0.1) is 5.56 Å². The van der Waals surface area contributed by atoms with Crippen LogP contribution < -0.4 is 0 Å². The molecule has 0 saturated carbocycles. The number of hydrogen-bond acceptors (Lipinski definition) is 0. The average Bonchev–Trinajstić information content (AvgIpc) is 2.14. The van der Waals surface area contributed by atoms with Gasteiger partial charge in [-0.1, -0.05) is 54.9 Å². The van der Waals surface area contributed by atoms with Crippen molar-refractivity contribution in [2.45, 2.75) is 43.6 Å². The van der Waals surface area contributed by atoms with Gasteiger partial charge in [0.15, 0.2) is 0 Å². The second-order valence-corrected chi connectivity index (χ2v) is 6.48. The van der Waals surface area contributed by atoms with E-state index in [1.54, 1.807) is 12.1 Å². The van der Waals surface area contributed by atoms with E-state index in [4.69, 9.17) is 0 Å². The minimum atomic E-state index is -4.29. The summed E-state index contributed by atoms with van der Waals surface area (Å²) >= 11 is 3.40. The molecule has 0 saturated heterocycles. The Hall–Kier alpha value is -0.510. The molecule has 1 atom stereocenters. The molecule has 0 nitrogen and oxygen atoms in total. The third-order valence-electron chi connectivity index (χ3n) is 2.75. The topological polar surface area (TPSA) is 0 Å². The molecule has 0 N–H and O–H groups in total. The fraction of sp³-hybridized carbons (Fsp3) is 0.538. The summed E-state index contributed by atoms with van der Waals surface area (Å²) in [6.07, 6.45) is -3.64. The molecule has 96 valence electrons. The molecule has 1 aromatic rings. The third kappa shape index (κ3) is 3.73. The summed E-state index contributed by atoms with van der Waals surface area (Å²) in [5.41, 5.74) is -0.674. The van der Waals surface area contributed by atoms with Crippen molar-refractivity contribution in [1.82, 2.24) is 0 Å². The quantitative estimate of drug-likeness (QED) is 0.677. The van der Waals surface area contributed by atoms with E-state index in [1.807, 2.05) is 20.8 Å². The second-order valence-electron chi connectivity index (χ2n) is 4.91. The largest absolute Gasteiger partial charge is 0.416 e. The maximum atomic E-state index is 12.9. The van der Waals surface area contributed by atoms with Gasteiger partial charge in [-0.05, 0) is 23.5 Å². The number of halogens is 4. The lowest BCUT2D eigenvalue weighted by molar-refractivity contribution is -0.138. The smallest absolute Gasteiger partial charge is 0.166 e. The monoisotopic (exact) mass is 308 g/mol. The van der Waals surface area contributed by atoms with Crippen LogP contribution in [0.1, 0.15) is 38.3 Å². The number of rotatable bonds is 3. The van der Waals surface area contributed by atoms with Crippen LogP contribution in [0.3, 0.4) is 0 Å². The van der Waals surface area contributed by atoms with E-state index >= 15 is 0 Å². The molecule has 0 radical (unpaired) electrons. The Morgan fingerprint density at radius 3 is 2.00 bits per heavy atom. The summed E-state index contributed by atoms with van der Waals surface area (Å²) < 4.78 is 38.7. The van der Waals surface area contributed by atoms with Gasteiger partial charge in [-0.15, -0.1) is 0 Å². The zero-order valence-corrected chi connectivity index (χ0v) is 11.7. The van der Waals surface area contributed by atoms with E-state index in [0.29, 0.717) is 12.0 Å². The van der Waals surface area contributed by atoms with Crippen LogP contribution in [0.5, 0.6) is 0 Å². The molecule has 1 rings (SSSR count). The minimum absolute atomic E-state index is 0.179. The fourth-order valence-corrected chi connectivity index (χ4v) is 2.94. The van der Waals surface area contributed by atoms with Crippen molar-refractivity contribution in [3.8, 4) is 0 Å². The SMILES string of the molecule is CC(Br)CC(C)(C)c1ccccc1C(F)(F)F. The van der Waals surface area contributed by atoms with Crippen molar-refractivity contribution in [2.75, 3.05) is 0 Å². The van der Waals surface area contributed by atoms with Crippen molar-refractivity contribution < 1.29 is 13.2 Å². The van der Waals surface area contributed by atoms with Crippen molar-refractivity contribution in [2.24, 2.45) is 0 Å². The zero-order valence-electron chi connectivity index (χ0n) is 10.1. The normalized spacial score (nSPS) is 14.8. The van der Waals surface area contributed by atoms with Crippen molar-refractivity contribution in [3.05, 3.63) is 35.4 Å². The molecule has 0 spiro atoms. The van der Waals surface area contributed by atoms with Gasteiger partial charge in [-0.3, -0.25) is 0 Å². The van der Waals surface area contributed by atoms with Gasteiger partial charge in [-0.25, -0.2) is 0 Å². The van der Waals surface area contributed by atoms with Gasteiger partial charge in [0.25, 0.3) is 0 Å².